The Hall–Kier alpha value is -3.49. The smallest absolute Gasteiger partial charge is 0.270 e. The van der Waals surface area contributed by atoms with Gasteiger partial charge in [-0.05, 0) is 29.2 Å². The van der Waals surface area contributed by atoms with Gasteiger partial charge in [0.05, 0.1) is 10.5 Å². The first-order valence-electron chi connectivity index (χ1n) is 10.5. The van der Waals surface area contributed by atoms with E-state index in [2.05, 4.69) is 39.8 Å². The Labute approximate surface area is 189 Å². The lowest BCUT2D eigenvalue weighted by Gasteiger charge is -2.28. The minimum absolute atomic E-state index is 0.0427. The van der Waals surface area contributed by atoms with Crippen LogP contribution in [-0.2, 0) is 19.5 Å². The van der Waals surface area contributed by atoms with Gasteiger partial charge in [0.15, 0.2) is 0 Å². The number of anilines is 1. The molecule has 0 bridgehead atoms. The summed E-state index contributed by atoms with van der Waals surface area (Å²) in [6, 6.07) is 16.8. The van der Waals surface area contributed by atoms with Crippen molar-refractivity contribution < 1.29 is 9.72 Å². The Balaban J connectivity index is 1.31. The number of hydrogen-bond acceptors (Lipinski definition) is 6. The lowest BCUT2D eigenvalue weighted by Crippen LogP contribution is -2.43. The number of amides is 1. The lowest BCUT2D eigenvalue weighted by molar-refractivity contribution is -0.384. The molecule has 3 aromatic rings. The first kappa shape index (κ1) is 20.4. The number of benzene rings is 2. The molecule has 0 fully saturated rings. The number of rotatable bonds is 5. The molecular formula is C24H22N4O3S. The average molecular weight is 447 g/mol. The number of hydrogen-bond donors (Lipinski definition) is 2. The van der Waals surface area contributed by atoms with Gasteiger partial charge in [-0.3, -0.25) is 19.8 Å². The lowest BCUT2D eigenvalue weighted by atomic mass is 10.0. The van der Waals surface area contributed by atoms with E-state index in [4.69, 9.17) is 0 Å². The summed E-state index contributed by atoms with van der Waals surface area (Å²) in [5.41, 5.74) is 3.97. The standard InChI is InChI=1S/C24H22N4O3S/c29-23-22-19-11-12-27(14-17-5-2-1-3-6-17)15-20(19)32-24(22)26-21(25-23)10-9-16-7-4-8-18(13-16)28(30)31/h1-10,13,21,26H,11-12,14-15H2,(H,25,29)/b10-9-. The summed E-state index contributed by atoms with van der Waals surface area (Å²) in [6.07, 6.45) is 4.10. The van der Waals surface area contributed by atoms with Crippen LogP contribution in [0.25, 0.3) is 6.08 Å². The number of nitro groups is 1. The Morgan fingerprint density at radius 1 is 1.16 bits per heavy atom. The van der Waals surface area contributed by atoms with Crippen molar-refractivity contribution >= 4 is 34.0 Å². The third-order valence-corrected chi connectivity index (χ3v) is 6.90. The predicted molar refractivity (Wildman–Crippen MR) is 126 cm³/mol. The molecule has 7 nitrogen and oxygen atoms in total. The van der Waals surface area contributed by atoms with E-state index in [-0.39, 0.29) is 17.8 Å². The zero-order chi connectivity index (χ0) is 22.1. The Bertz CT molecular complexity index is 1210. The molecule has 3 heterocycles. The van der Waals surface area contributed by atoms with Crippen molar-refractivity contribution in [2.45, 2.75) is 25.7 Å². The molecule has 1 aromatic heterocycles. The predicted octanol–water partition coefficient (Wildman–Crippen LogP) is 4.41. The van der Waals surface area contributed by atoms with Crippen LogP contribution in [0.15, 0.2) is 60.7 Å². The van der Waals surface area contributed by atoms with Gasteiger partial charge < -0.3 is 10.6 Å². The van der Waals surface area contributed by atoms with Crippen molar-refractivity contribution in [3.63, 3.8) is 0 Å². The molecule has 2 aliphatic heterocycles. The number of carbonyl (C=O) groups excluding carboxylic acids is 1. The maximum Gasteiger partial charge on any atom is 0.270 e. The van der Waals surface area contributed by atoms with Gasteiger partial charge in [-0.15, -0.1) is 11.3 Å². The molecule has 5 rings (SSSR count). The molecule has 0 saturated heterocycles. The quantitative estimate of drug-likeness (QED) is 0.448. The van der Waals surface area contributed by atoms with Crippen LogP contribution in [0.3, 0.4) is 0 Å². The van der Waals surface area contributed by atoms with Gasteiger partial charge in [-0.1, -0.05) is 48.5 Å². The van der Waals surface area contributed by atoms with Crippen LogP contribution in [0.1, 0.15) is 31.9 Å². The third-order valence-electron chi connectivity index (χ3n) is 5.75. The number of fused-ring (bicyclic) bond motifs is 3. The fourth-order valence-corrected chi connectivity index (χ4v) is 5.54. The number of thiophene rings is 1. The first-order chi connectivity index (χ1) is 15.6. The van der Waals surface area contributed by atoms with E-state index in [9.17, 15) is 14.9 Å². The van der Waals surface area contributed by atoms with Crippen molar-refractivity contribution in [1.29, 1.82) is 0 Å². The molecule has 0 saturated carbocycles. The van der Waals surface area contributed by atoms with Gasteiger partial charge in [0.25, 0.3) is 11.6 Å². The topological polar surface area (TPSA) is 87.5 Å². The molecule has 2 aromatic carbocycles. The largest absolute Gasteiger partial charge is 0.353 e. The Morgan fingerprint density at radius 3 is 2.81 bits per heavy atom. The van der Waals surface area contributed by atoms with Gasteiger partial charge in [-0.25, -0.2) is 0 Å². The molecule has 32 heavy (non-hydrogen) atoms. The molecule has 2 N–H and O–H groups in total. The zero-order valence-electron chi connectivity index (χ0n) is 17.3. The van der Waals surface area contributed by atoms with E-state index in [1.807, 2.05) is 12.1 Å². The summed E-state index contributed by atoms with van der Waals surface area (Å²) in [5, 5.41) is 18.3. The first-order valence-corrected chi connectivity index (χ1v) is 11.3. The number of non-ortho nitro benzene ring substituents is 1. The molecule has 162 valence electrons. The van der Waals surface area contributed by atoms with Crippen molar-refractivity contribution in [2.24, 2.45) is 0 Å². The fraction of sp³-hybridized carbons (Fsp3) is 0.208. The number of nitrogens with zero attached hydrogens (tertiary/aromatic N) is 2. The number of nitro benzene ring substituents is 1. The van der Waals surface area contributed by atoms with E-state index >= 15 is 0 Å². The fourth-order valence-electron chi connectivity index (χ4n) is 4.21. The molecular weight excluding hydrogens is 424 g/mol. The second-order valence-corrected chi connectivity index (χ2v) is 9.07. The minimum atomic E-state index is -0.415. The summed E-state index contributed by atoms with van der Waals surface area (Å²) < 4.78 is 0. The molecule has 1 atom stereocenters. The maximum atomic E-state index is 12.9. The summed E-state index contributed by atoms with van der Waals surface area (Å²) >= 11 is 1.65. The van der Waals surface area contributed by atoms with Crippen LogP contribution in [0.2, 0.25) is 0 Å². The molecule has 8 heteroatoms. The summed E-state index contributed by atoms with van der Waals surface area (Å²) in [5.74, 6) is -0.0681. The Kier molecular flexibility index (Phi) is 5.46. The van der Waals surface area contributed by atoms with Gasteiger partial charge in [-0.2, -0.15) is 0 Å². The Morgan fingerprint density at radius 2 is 2.00 bits per heavy atom. The molecule has 0 spiro atoms. The average Bonchev–Trinajstić information content (AvgIpc) is 3.16. The highest BCUT2D eigenvalue weighted by Crippen LogP contribution is 2.39. The summed E-state index contributed by atoms with van der Waals surface area (Å²) in [7, 11) is 0. The van der Waals surface area contributed by atoms with E-state index < -0.39 is 4.92 Å². The van der Waals surface area contributed by atoms with Crippen molar-refractivity contribution in [3.8, 4) is 0 Å². The van der Waals surface area contributed by atoms with Gasteiger partial charge >= 0.3 is 0 Å². The zero-order valence-corrected chi connectivity index (χ0v) is 18.1. The van der Waals surface area contributed by atoms with Gasteiger partial charge in [0.2, 0.25) is 0 Å². The number of carbonyl (C=O) groups is 1. The van der Waals surface area contributed by atoms with Crippen LogP contribution >= 0.6 is 11.3 Å². The summed E-state index contributed by atoms with van der Waals surface area (Å²) in [4.78, 5) is 27.1. The minimum Gasteiger partial charge on any atom is -0.353 e. The van der Waals surface area contributed by atoms with Crippen LogP contribution < -0.4 is 10.6 Å². The van der Waals surface area contributed by atoms with Crippen LogP contribution in [-0.4, -0.2) is 28.4 Å². The maximum absolute atomic E-state index is 12.9. The second kappa shape index (κ2) is 8.57. The summed E-state index contributed by atoms with van der Waals surface area (Å²) in [6.45, 7) is 2.66. The highest BCUT2D eigenvalue weighted by atomic mass is 32.1. The highest BCUT2D eigenvalue weighted by Gasteiger charge is 2.32. The van der Waals surface area contributed by atoms with E-state index in [0.29, 0.717) is 5.56 Å². The monoisotopic (exact) mass is 446 g/mol. The number of nitrogens with one attached hydrogen (secondary N) is 2. The normalized spacial score (nSPS) is 18.0. The third kappa shape index (κ3) is 4.15. The van der Waals surface area contributed by atoms with E-state index in [0.717, 1.165) is 42.2 Å². The van der Waals surface area contributed by atoms with Crippen LogP contribution in [0.4, 0.5) is 10.7 Å². The van der Waals surface area contributed by atoms with Gasteiger partial charge in [0.1, 0.15) is 11.2 Å². The molecule has 2 aliphatic rings. The second-order valence-electron chi connectivity index (χ2n) is 7.96. The van der Waals surface area contributed by atoms with Crippen LogP contribution in [0.5, 0.6) is 0 Å². The van der Waals surface area contributed by atoms with E-state index in [1.165, 1.54) is 22.6 Å². The van der Waals surface area contributed by atoms with Crippen LogP contribution in [0, 0.1) is 10.1 Å². The van der Waals surface area contributed by atoms with Crippen molar-refractivity contribution in [1.82, 2.24) is 10.2 Å². The van der Waals surface area contributed by atoms with E-state index in [1.54, 1.807) is 29.5 Å². The SMILES string of the molecule is O=C1NC(/C=C\c2cccc([N+](=O)[O-])c2)Nc2sc3c(c21)CCN(Cc1ccccc1)C3. The molecule has 1 unspecified atom stereocenters. The van der Waals surface area contributed by atoms with Gasteiger partial charge in [0, 0.05) is 36.6 Å². The van der Waals surface area contributed by atoms with Crippen molar-refractivity contribution in [2.75, 3.05) is 11.9 Å². The molecule has 0 aliphatic carbocycles. The molecule has 0 radical (unpaired) electrons. The molecule has 1 amide bonds. The highest BCUT2D eigenvalue weighted by molar-refractivity contribution is 7.16. The van der Waals surface area contributed by atoms with Crippen molar-refractivity contribution in [3.05, 3.63) is 97.9 Å².